The summed E-state index contributed by atoms with van der Waals surface area (Å²) in [6.45, 7) is 6.85. The number of carbonyl (C=O) groups is 1. The first kappa shape index (κ1) is 22.9. The molecule has 0 aliphatic carbocycles. The third-order valence-electron chi connectivity index (χ3n) is 7.49. The molecule has 0 saturated carbocycles. The van der Waals surface area contributed by atoms with Crippen molar-refractivity contribution in [3.8, 4) is 0 Å². The molecule has 3 heterocycles. The first-order chi connectivity index (χ1) is 16.8. The highest BCUT2D eigenvalue weighted by Gasteiger charge is 2.28. The second-order valence-electron chi connectivity index (χ2n) is 9.67. The number of likely N-dealkylation sites (tertiary alicyclic amines) is 1. The summed E-state index contributed by atoms with van der Waals surface area (Å²) in [5.41, 5.74) is 3.50. The fourth-order valence-corrected chi connectivity index (χ4v) is 5.52. The van der Waals surface area contributed by atoms with Crippen LogP contribution >= 0.6 is 0 Å². The molecular formula is C29H36N4O. The van der Waals surface area contributed by atoms with E-state index < -0.39 is 0 Å². The molecule has 5 rings (SSSR count). The smallest absolute Gasteiger partial charge is 0.230 e. The van der Waals surface area contributed by atoms with Gasteiger partial charge in [-0.3, -0.25) is 14.7 Å². The first-order valence-corrected chi connectivity index (χ1v) is 12.9. The van der Waals surface area contributed by atoms with E-state index in [9.17, 15) is 4.79 Å². The molecular weight excluding hydrogens is 420 g/mol. The number of hydrogen-bond donors (Lipinski definition) is 0. The lowest BCUT2D eigenvalue weighted by molar-refractivity contribution is -0.133. The Morgan fingerprint density at radius 1 is 0.794 bits per heavy atom. The molecule has 2 aliphatic rings. The lowest BCUT2D eigenvalue weighted by Crippen LogP contribution is -2.47. The Labute approximate surface area is 203 Å². The molecule has 2 aliphatic heterocycles. The van der Waals surface area contributed by atoms with Crippen molar-refractivity contribution in [2.45, 2.75) is 38.0 Å². The molecule has 1 unspecified atom stereocenters. The number of piperazine rings is 1. The predicted molar refractivity (Wildman–Crippen MR) is 139 cm³/mol. The van der Waals surface area contributed by atoms with Crippen LogP contribution in [-0.2, 0) is 4.79 Å². The maximum Gasteiger partial charge on any atom is 0.230 e. The largest absolute Gasteiger partial charge is 0.368 e. The van der Waals surface area contributed by atoms with Crippen LogP contribution in [-0.4, -0.2) is 66.5 Å². The molecule has 0 bridgehead atoms. The number of hydrogen-bond acceptors (Lipinski definition) is 4. The Kier molecular flexibility index (Phi) is 7.40. The van der Waals surface area contributed by atoms with Gasteiger partial charge in [0.15, 0.2) is 0 Å². The SMILES string of the molecule is O=C(C(CCN1CCN(c2cccc3ncccc23)CC1)c1ccccc1)N1CCCCCC1. The quantitative estimate of drug-likeness (QED) is 0.527. The fourth-order valence-electron chi connectivity index (χ4n) is 5.52. The van der Waals surface area contributed by atoms with Gasteiger partial charge in [0.05, 0.1) is 11.4 Å². The minimum absolute atomic E-state index is 0.0403. The topological polar surface area (TPSA) is 39.7 Å². The molecule has 1 amide bonds. The zero-order chi connectivity index (χ0) is 23.2. The summed E-state index contributed by atoms with van der Waals surface area (Å²) in [6.07, 6.45) is 7.52. The van der Waals surface area contributed by atoms with E-state index in [2.05, 4.69) is 68.2 Å². The van der Waals surface area contributed by atoms with Crippen LogP contribution in [0.15, 0.2) is 66.9 Å². The maximum absolute atomic E-state index is 13.6. The highest BCUT2D eigenvalue weighted by molar-refractivity contribution is 5.91. The van der Waals surface area contributed by atoms with Crippen molar-refractivity contribution in [1.82, 2.24) is 14.8 Å². The number of nitrogens with zero attached hydrogens (tertiary/aromatic N) is 4. The number of carbonyl (C=O) groups excluding carboxylic acids is 1. The van der Waals surface area contributed by atoms with Gasteiger partial charge in [-0.25, -0.2) is 0 Å². The number of benzene rings is 2. The first-order valence-electron chi connectivity index (χ1n) is 12.9. The van der Waals surface area contributed by atoms with Gasteiger partial charge in [-0.2, -0.15) is 0 Å². The van der Waals surface area contributed by atoms with Crippen molar-refractivity contribution in [1.29, 1.82) is 0 Å². The number of aromatic nitrogens is 1. The van der Waals surface area contributed by atoms with Crippen LogP contribution in [0.1, 0.15) is 43.6 Å². The number of amides is 1. The summed E-state index contributed by atoms with van der Waals surface area (Å²) in [6, 6.07) is 21.0. The van der Waals surface area contributed by atoms with E-state index in [0.717, 1.165) is 70.6 Å². The Bertz CT molecular complexity index is 1060. The molecule has 1 aromatic heterocycles. The van der Waals surface area contributed by atoms with Crippen LogP contribution in [0.4, 0.5) is 5.69 Å². The van der Waals surface area contributed by atoms with Crippen LogP contribution < -0.4 is 4.90 Å². The minimum atomic E-state index is -0.0403. The molecule has 0 radical (unpaired) electrons. The van der Waals surface area contributed by atoms with E-state index in [4.69, 9.17) is 0 Å². The lowest BCUT2D eigenvalue weighted by Gasteiger charge is -2.37. The number of rotatable bonds is 6. The van der Waals surface area contributed by atoms with Gasteiger partial charge in [0.25, 0.3) is 0 Å². The summed E-state index contributed by atoms with van der Waals surface area (Å²) in [7, 11) is 0. The second-order valence-corrected chi connectivity index (χ2v) is 9.67. The predicted octanol–water partition coefficient (Wildman–Crippen LogP) is 4.93. The Morgan fingerprint density at radius 3 is 2.32 bits per heavy atom. The average molecular weight is 457 g/mol. The summed E-state index contributed by atoms with van der Waals surface area (Å²) < 4.78 is 0. The monoisotopic (exact) mass is 456 g/mol. The van der Waals surface area contributed by atoms with Gasteiger partial charge in [-0.05, 0) is 55.6 Å². The molecule has 0 spiro atoms. The van der Waals surface area contributed by atoms with Gasteiger partial charge in [0.1, 0.15) is 0 Å². The van der Waals surface area contributed by atoms with Crippen LogP contribution in [0.25, 0.3) is 10.9 Å². The molecule has 0 N–H and O–H groups in total. The van der Waals surface area contributed by atoms with Crippen LogP contribution in [0.2, 0.25) is 0 Å². The number of pyridine rings is 1. The zero-order valence-corrected chi connectivity index (χ0v) is 20.1. The van der Waals surface area contributed by atoms with E-state index >= 15 is 0 Å². The maximum atomic E-state index is 13.6. The van der Waals surface area contributed by atoms with Crippen molar-refractivity contribution in [2.24, 2.45) is 0 Å². The minimum Gasteiger partial charge on any atom is -0.368 e. The van der Waals surface area contributed by atoms with Gasteiger partial charge >= 0.3 is 0 Å². The standard InChI is InChI=1S/C29H36N4O/c34-29(33-17-6-1-2-7-18-33)25(24-10-4-3-5-11-24)15-19-31-20-22-32(23-21-31)28-14-8-13-27-26(28)12-9-16-30-27/h3-5,8-14,16,25H,1-2,6-7,15,17-23H2. The van der Waals surface area contributed by atoms with Crippen LogP contribution in [0.5, 0.6) is 0 Å². The molecule has 2 aromatic carbocycles. The van der Waals surface area contributed by atoms with E-state index in [0.29, 0.717) is 5.91 Å². The third kappa shape index (κ3) is 5.25. The van der Waals surface area contributed by atoms with Gasteiger partial charge in [0.2, 0.25) is 5.91 Å². The molecule has 3 aromatic rings. The van der Waals surface area contributed by atoms with E-state index in [-0.39, 0.29) is 5.92 Å². The van der Waals surface area contributed by atoms with Crippen LogP contribution in [0.3, 0.4) is 0 Å². The Morgan fingerprint density at radius 2 is 1.56 bits per heavy atom. The highest BCUT2D eigenvalue weighted by atomic mass is 16.2. The van der Waals surface area contributed by atoms with Gasteiger partial charge in [-0.15, -0.1) is 0 Å². The Balaban J connectivity index is 1.22. The van der Waals surface area contributed by atoms with Crippen LogP contribution in [0, 0.1) is 0 Å². The molecule has 34 heavy (non-hydrogen) atoms. The van der Waals surface area contributed by atoms with Gasteiger partial charge < -0.3 is 9.80 Å². The second kappa shape index (κ2) is 11.0. The number of fused-ring (bicyclic) bond motifs is 1. The van der Waals surface area contributed by atoms with E-state index in [1.807, 2.05) is 18.3 Å². The normalized spacial score (nSPS) is 18.6. The summed E-state index contributed by atoms with van der Waals surface area (Å²) in [5.74, 6) is 0.288. The summed E-state index contributed by atoms with van der Waals surface area (Å²) >= 11 is 0. The molecule has 5 heteroatoms. The van der Waals surface area contributed by atoms with Crippen molar-refractivity contribution in [2.75, 3.05) is 50.7 Å². The molecule has 2 saturated heterocycles. The van der Waals surface area contributed by atoms with Crippen molar-refractivity contribution in [3.63, 3.8) is 0 Å². The third-order valence-corrected chi connectivity index (χ3v) is 7.49. The van der Waals surface area contributed by atoms with Crippen molar-refractivity contribution >= 4 is 22.5 Å². The zero-order valence-electron chi connectivity index (χ0n) is 20.1. The van der Waals surface area contributed by atoms with Crippen molar-refractivity contribution in [3.05, 3.63) is 72.4 Å². The highest BCUT2D eigenvalue weighted by Crippen LogP contribution is 2.28. The summed E-state index contributed by atoms with van der Waals surface area (Å²) in [5, 5.41) is 1.23. The lowest BCUT2D eigenvalue weighted by atomic mass is 9.93. The average Bonchev–Trinajstić information content (AvgIpc) is 3.19. The van der Waals surface area contributed by atoms with Gasteiger partial charge in [-0.1, -0.05) is 49.2 Å². The summed E-state index contributed by atoms with van der Waals surface area (Å²) in [4.78, 5) is 25.2. The molecule has 2 fully saturated rings. The molecule has 1 atom stereocenters. The molecule has 178 valence electrons. The van der Waals surface area contributed by atoms with E-state index in [1.54, 1.807) is 0 Å². The fraction of sp³-hybridized carbons (Fsp3) is 0.448. The Hall–Kier alpha value is -2.92. The molecule has 5 nitrogen and oxygen atoms in total. The van der Waals surface area contributed by atoms with Crippen molar-refractivity contribution < 1.29 is 4.79 Å². The van der Waals surface area contributed by atoms with Gasteiger partial charge in [0, 0.05) is 56.5 Å². The number of anilines is 1. The van der Waals surface area contributed by atoms with E-state index in [1.165, 1.54) is 29.5 Å².